The minimum absolute atomic E-state index is 0.0619. The second-order valence-corrected chi connectivity index (χ2v) is 5.55. The summed E-state index contributed by atoms with van der Waals surface area (Å²) >= 11 is 0. The molecule has 1 atom stereocenters. The van der Waals surface area contributed by atoms with E-state index in [1.807, 2.05) is 37.3 Å². The van der Waals surface area contributed by atoms with Gasteiger partial charge in [-0.1, -0.05) is 37.3 Å². The fourth-order valence-electron chi connectivity index (χ4n) is 2.34. The molecular formula is C17H22O5. The zero-order valence-corrected chi connectivity index (χ0v) is 12.9. The molecule has 2 rings (SSSR count). The fraction of sp³-hybridized carbons (Fsp3) is 0.529. The molecule has 0 aromatic heterocycles. The van der Waals surface area contributed by atoms with Gasteiger partial charge in [0.05, 0.1) is 13.2 Å². The van der Waals surface area contributed by atoms with Crippen LogP contribution in [0.5, 0.6) is 0 Å². The van der Waals surface area contributed by atoms with Crippen LogP contribution in [0.3, 0.4) is 0 Å². The molecule has 1 aliphatic heterocycles. The first-order chi connectivity index (χ1) is 10.6. The van der Waals surface area contributed by atoms with Crippen molar-refractivity contribution in [2.45, 2.75) is 44.8 Å². The van der Waals surface area contributed by atoms with Crippen LogP contribution < -0.4 is 0 Å². The number of esters is 2. The summed E-state index contributed by atoms with van der Waals surface area (Å²) in [5.41, 5.74) is 0.208. The number of benzene rings is 1. The van der Waals surface area contributed by atoms with E-state index in [-0.39, 0.29) is 25.2 Å². The third-order valence-corrected chi connectivity index (χ3v) is 3.54. The zero-order chi connectivity index (χ0) is 15.8. The highest BCUT2D eigenvalue weighted by Crippen LogP contribution is 2.28. The van der Waals surface area contributed by atoms with Gasteiger partial charge in [-0.2, -0.15) is 0 Å². The van der Waals surface area contributed by atoms with Crippen molar-refractivity contribution in [3.05, 3.63) is 35.9 Å². The third-order valence-electron chi connectivity index (χ3n) is 3.54. The molecule has 120 valence electrons. The Morgan fingerprint density at radius 3 is 2.68 bits per heavy atom. The Kier molecular flexibility index (Phi) is 5.95. The van der Waals surface area contributed by atoms with E-state index in [1.165, 1.54) is 0 Å². The first-order valence-electron chi connectivity index (χ1n) is 7.63. The Morgan fingerprint density at radius 1 is 1.27 bits per heavy atom. The lowest BCUT2D eigenvalue weighted by atomic mass is 10.0. The molecule has 1 aliphatic rings. The molecule has 1 aromatic rings. The van der Waals surface area contributed by atoms with Crippen molar-refractivity contribution >= 4 is 11.9 Å². The summed E-state index contributed by atoms with van der Waals surface area (Å²) in [4.78, 5) is 23.0. The zero-order valence-electron chi connectivity index (χ0n) is 12.9. The maximum atomic E-state index is 11.5. The average molecular weight is 306 g/mol. The standard InChI is InChI=1S/C17H22O5/c1-2-6-15(18)21-13-17(10-9-16(19)22-17)12-20-11-14-7-4-3-5-8-14/h3-5,7-8H,2,6,9-13H2,1H3. The lowest BCUT2D eigenvalue weighted by molar-refractivity contribution is -0.169. The molecule has 0 bridgehead atoms. The van der Waals surface area contributed by atoms with Crippen molar-refractivity contribution in [2.75, 3.05) is 13.2 Å². The fourth-order valence-corrected chi connectivity index (χ4v) is 2.34. The number of cyclic esters (lactones) is 1. The summed E-state index contributed by atoms with van der Waals surface area (Å²) in [5.74, 6) is -0.539. The van der Waals surface area contributed by atoms with Gasteiger partial charge in [0, 0.05) is 19.3 Å². The van der Waals surface area contributed by atoms with Gasteiger partial charge in [-0.15, -0.1) is 0 Å². The van der Waals surface area contributed by atoms with Crippen LogP contribution in [0.4, 0.5) is 0 Å². The Balaban J connectivity index is 1.86. The molecule has 22 heavy (non-hydrogen) atoms. The number of hydrogen-bond acceptors (Lipinski definition) is 5. The first kappa shape index (κ1) is 16.5. The monoisotopic (exact) mass is 306 g/mol. The highest BCUT2D eigenvalue weighted by atomic mass is 16.6. The van der Waals surface area contributed by atoms with Crippen LogP contribution in [0.15, 0.2) is 30.3 Å². The summed E-state index contributed by atoms with van der Waals surface area (Å²) in [6.07, 6.45) is 1.95. The van der Waals surface area contributed by atoms with E-state index in [2.05, 4.69) is 0 Å². The molecule has 0 aliphatic carbocycles. The summed E-state index contributed by atoms with van der Waals surface area (Å²) in [6.45, 7) is 2.64. The number of ether oxygens (including phenoxy) is 3. The minimum Gasteiger partial charge on any atom is -0.461 e. The van der Waals surface area contributed by atoms with Gasteiger partial charge in [0.1, 0.15) is 6.61 Å². The molecule has 0 radical (unpaired) electrons. The molecule has 0 N–H and O–H groups in total. The number of hydrogen-bond donors (Lipinski definition) is 0. The SMILES string of the molecule is CCCC(=O)OCC1(COCc2ccccc2)CCC(=O)O1. The number of rotatable bonds is 8. The largest absolute Gasteiger partial charge is 0.461 e. The molecule has 0 saturated carbocycles. The lowest BCUT2D eigenvalue weighted by Crippen LogP contribution is -2.40. The maximum absolute atomic E-state index is 11.5. The van der Waals surface area contributed by atoms with E-state index in [0.717, 1.165) is 12.0 Å². The van der Waals surface area contributed by atoms with Crippen LogP contribution in [0.2, 0.25) is 0 Å². The van der Waals surface area contributed by atoms with Gasteiger partial charge >= 0.3 is 11.9 Å². The summed E-state index contributed by atoms with van der Waals surface area (Å²) in [6, 6.07) is 9.76. The quantitative estimate of drug-likeness (QED) is 0.691. The second kappa shape index (κ2) is 7.94. The van der Waals surface area contributed by atoms with Crippen LogP contribution in [0, 0.1) is 0 Å². The average Bonchev–Trinajstić information content (AvgIpc) is 2.89. The van der Waals surface area contributed by atoms with Crippen molar-refractivity contribution < 1.29 is 23.8 Å². The molecule has 1 unspecified atom stereocenters. The predicted molar refractivity (Wildman–Crippen MR) is 80.0 cm³/mol. The van der Waals surface area contributed by atoms with E-state index in [9.17, 15) is 9.59 Å². The molecule has 1 fully saturated rings. The van der Waals surface area contributed by atoms with Crippen LogP contribution in [0.25, 0.3) is 0 Å². The third kappa shape index (κ3) is 4.84. The summed E-state index contributed by atoms with van der Waals surface area (Å²) in [7, 11) is 0. The molecule has 0 amide bonds. The molecule has 5 heteroatoms. The Morgan fingerprint density at radius 2 is 2.05 bits per heavy atom. The van der Waals surface area contributed by atoms with E-state index < -0.39 is 5.60 Å². The highest BCUT2D eigenvalue weighted by molar-refractivity contribution is 5.72. The van der Waals surface area contributed by atoms with Crippen molar-refractivity contribution in [1.82, 2.24) is 0 Å². The van der Waals surface area contributed by atoms with E-state index in [1.54, 1.807) is 0 Å². The van der Waals surface area contributed by atoms with E-state index in [4.69, 9.17) is 14.2 Å². The van der Waals surface area contributed by atoms with E-state index >= 15 is 0 Å². The van der Waals surface area contributed by atoms with Gasteiger partial charge in [0.15, 0.2) is 5.60 Å². The molecule has 5 nitrogen and oxygen atoms in total. The second-order valence-electron chi connectivity index (χ2n) is 5.55. The van der Waals surface area contributed by atoms with E-state index in [0.29, 0.717) is 25.9 Å². The Bertz CT molecular complexity index is 499. The molecule has 1 aromatic carbocycles. The smallest absolute Gasteiger partial charge is 0.306 e. The number of carbonyl (C=O) groups is 2. The van der Waals surface area contributed by atoms with Gasteiger partial charge < -0.3 is 14.2 Å². The molecule has 1 heterocycles. The summed E-state index contributed by atoms with van der Waals surface area (Å²) in [5, 5.41) is 0. The summed E-state index contributed by atoms with van der Waals surface area (Å²) < 4.78 is 16.3. The lowest BCUT2D eigenvalue weighted by Gasteiger charge is -2.27. The highest BCUT2D eigenvalue weighted by Gasteiger charge is 2.42. The van der Waals surface area contributed by atoms with Crippen LogP contribution in [-0.2, 0) is 30.4 Å². The van der Waals surface area contributed by atoms with Crippen molar-refractivity contribution in [3.8, 4) is 0 Å². The molecule has 0 spiro atoms. The normalized spacial score (nSPS) is 20.7. The Labute approximate surface area is 130 Å². The molecule has 1 saturated heterocycles. The van der Waals surface area contributed by atoms with Crippen molar-refractivity contribution in [1.29, 1.82) is 0 Å². The van der Waals surface area contributed by atoms with Gasteiger partial charge in [0.2, 0.25) is 0 Å². The minimum atomic E-state index is -0.838. The van der Waals surface area contributed by atoms with Crippen LogP contribution >= 0.6 is 0 Å². The van der Waals surface area contributed by atoms with Gasteiger partial charge in [-0.05, 0) is 12.0 Å². The van der Waals surface area contributed by atoms with Crippen LogP contribution in [-0.4, -0.2) is 30.8 Å². The molecular weight excluding hydrogens is 284 g/mol. The van der Waals surface area contributed by atoms with Crippen LogP contribution in [0.1, 0.15) is 38.2 Å². The first-order valence-corrected chi connectivity index (χ1v) is 7.63. The van der Waals surface area contributed by atoms with Crippen molar-refractivity contribution in [2.24, 2.45) is 0 Å². The number of carbonyl (C=O) groups excluding carboxylic acids is 2. The van der Waals surface area contributed by atoms with Gasteiger partial charge in [-0.3, -0.25) is 9.59 Å². The van der Waals surface area contributed by atoms with Gasteiger partial charge in [0.25, 0.3) is 0 Å². The Hall–Kier alpha value is -1.88. The predicted octanol–water partition coefficient (Wildman–Crippen LogP) is 2.62. The van der Waals surface area contributed by atoms with Crippen molar-refractivity contribution in [3.63, 3.8) is 0 Å². The maximum Gasteiger partial charge on any atom is 0.306 e. The van der Waals surface area contributed by atoms with Gasteiger partial charge in [-0.25, -0.2) is 0 Å². The topological polar surface area (TPSA) is 61.8 Å².